The van der Waals surface area contributed by atoms with E-state index in [1.165, 1.54) is 6.26 Å². The molecule has 0 unspecified atom stereocenters. The van der Waals surface area contributed by atoms with Gasteiger partial charge in [-0.25, -0.2) is 18.1 Å². The highest BCUT2D eigenvalue weighted by Gasteiger charge is 2.11. The van der Waals surface area contributed by atoms with E-state index in [0.717, 1.165) is 33.9 Å². The Morgan fingerprint density at radius 3 is 2.19 bits per heavy atom. The largest absolute Gasteiger partial charge is 0.352 e. The fourth-order valence-corrected chi connectivity index (χ4v) is 4.30. The number of nitrogens with zero attached hydrogens (tertiary/aromatic N) is 4. The Kier molecular flexibility index (Phi) is 8.79. The van der Waals surface area contributed by atoms with E-state index in [2.05, 4.69) is 25.7 Å². The summed E-state index contributed by atoms with van der Waals surface area (Å²) in [6.07, 6.45) is 3.04. The number of aryl methyl sites for hydroxylation is 3. The number of halogens is 1. The number of hydrogen-bond donors (Lipinski definition) is 2. The summed E-state index contributed by atoms with van der Waals surface area (Å²) in [4.78, 5) is 9.11. The zero-order valence-electron chi connectivity index (χ0n) is 18.9. The summed E-state index contributed by atoms with van der Waals surface area (Å²) in [5, 5.41) is 11.0. The van der Waals surface area contributed by atoms with Crippen LogP contribution in [0, 0.1) is 20.8 Å². The van der Waals surface area contributed by atoms with Gasteiger partial charge in [-0.1, -0.05) is 18.2 Å². The minimum Gasteiger partial charge on any atom is -0.352 e. The van der Waals surface area contributed by atoms with Crippen LogP contribution in [-0.2, 0) is 22.9 Å². The van der Waals surface area contributed by atoms with Gasteiger partial charge in [0.2, 0.25) is 0 Å². The molecule has 0 fully saturated rings. The van der Waals surface area contributed by atoms with Crippen LogP contribution >= 0.6 is 24.0 Å². The van der Waals surface area contributed by atoms with Crippen molar-refractivity contribution < 1.29 is 8.42 Å². The molecule has 2 heterocycles. The molecule has 0 aliphatic rings. The molecule has 32 heavy (non-hydrogen) atoms. The maximum absolute atomic E-state index is 11.8. The first-order chi connectivity index (χ1) is 14.7. The number of rotatable bonds is 6. The number of aromatic nitrogens is 3. The van der Waals surface area contributed by atoms with Gasteiger partial charge in [0, 0.05) is 38.3 Å². The summed E-state index contributed by atoms with van der Waals surface area (Å²) < 4.78 is 25.3. The average Bonchev–Trinajstić information content (AvgIpc) is 3.05. The van der Waals surface area contributed by atoms with Crippen LogP contribution in [0.25, 0.3) is 5.82 Å². The molecule has 2 aromatic heterocycles. The Bertz CT molecular complexity index is 1200. The van der Waals surface area contributed by atoms with E-state index in [-0.39, 0.29) is 24.0 Å². The van der Waals surface area contributed by atoms with Crippen molar-refractivity contribution in [1.29, 1.82) is 0 Å². The van der Waals surface area contributed by atoms with Gasteiger partial charge in [-0.2, -0.15) is 5.10 Å². The fraction of sp³-hybridized carbons (Fsp3) is 0.318. The predicted octanol–water partition coefficient (Wildman–Crippen LogP) is 3.08. The fourth-order valence-electron chi connectivity index (χ4n) is 3.34. The highest BCUT2D eigenvalue weighted by Crippen LogP contribution is 2.16. The number of sulfone groups is 1. The van der Waals surface area contributed by atoms with Gasteiger partial charge in [-0.3, -0.25) is 4.99 Å². The number of nitrogens with one attached hydrogen (secondary N) is 2. The van der Waals surface area contributed by atoms with Crippen molar-refractivity contribution in [3.8, 4) is 5.82 Å². The van der Waals surface area contributed by atoms with Crippen LogP contribution in [0.15, 0.2) is 52.5 Å². The Morgan fingerprint density at radius 2 is 1.69 bits per heavy atom. The molecule has 3 rings (SSSR count). The van der Waals surface area contributed by atoms with Crippen LogP contribution in [0.5, 0.6) is 0 Å². The van der Waals surface area contributed by atoms with Crippen LogP contribution in [0.1, 0.15) is 28.1 Å². The lowest BCUT2D eigenvalue weighted by Gasteiger charge is -2.13. The van der Waals surface area contributed by atoms with Gasteiger partial charge in [0.1, 0.15) is 0 Å². The third-order valence-electron chi connectivity index (χ3n) is 4.82. The minimum absolute atomic E-state index is 0. The van der Waals surface area contributed by atoms with E-state index in [1.807, 2.05) is 55.1 Å². The van der Waals surface area contributed by atoms with Crippen molar-refractivity contribution in [2.75, 3.05) is 13.3 Å². The second-order valence-corrected chi connectivity index (χ2v) is 9.50. The molecule has 0 saturated carbocycles. The van der Waals surface area contributed by atoms with E-state index in [0.29, 0.717) is 23.9 Å². The average molecular weight is 568 g/mol. The van der Waals surface area contributed by atoms with Crippen molar-refractivity contribution in [3.05, 3.63) is 70.7 Å². The lowest BCUT2D eigenvalue weighted by molar-refractivity contribution is 0.601. The van der Waals surface area contributed by atoms with Gasteiger partial charge in [-0.15, -0.1) is 24.0 Å². The molecule has 0 bridgehead atoms. The summed E-state index contributed by atoms with van der Waals surface area (Å²) in [5.41, 5.74) is 4.73. The Balaban J connectivity index is 0.00000363. The summed E-state index contributed by atoms with van der Waals surface area (Å²) in [5.74, 6) is 1.43. The maximum Gasteiger partial charge on any atom is 0.191 e. The van der Waals surface area contributed by atoms with E-state index in [9.17, 15) is 8.42 Å². The van der Waals surface area contributed by atoms with Crippen molar-refractivity contribution in [2.45, 2.75) is 38.8 Å². The molecular weight excluding hydrogens is 539 g/mol. The highest BCUT2D eigenvalue weighted by molar-refractivity contribution is 14.0. The number of guanidine groups is 1. The molecule has 0 spiro atoms. The first-order valence-electron chi connectivity index (χ1n) is 9.90. The number of hydrogen-bond acceptors (Lipinski definition) is 5. The third kappa shape index (κ3) is 6.52. The van der Waals surface area contributed by atoms with Gasteiger partial charge < -0.3 is 10.6 Å². The summed E-state index contributed by atoms with van der Waals surface area (Å²) in [6, 6.07) is 11.3. The number of benzene rings is 1. The second kappa shape index (κ2) is 10.9. The molecule has 172 valence electrons. The normalized spacial score (nSPS) is 11.7. The predicted molar refractivity (Wildman–Crippen MR) is 138 cm³/mol. The van der Waals surface area contributed by atoms with Gasteiger partial charge in [0.05, 0.1) is 10.6 Å². The van der Waals surface area contributed by atoms with Crippen LogP contribution in [0.2, 0.25) is 0 Å². The van der Waals surface area contributed by atoms with Gasteiger partial charge in [-0.05, 0) is 55.7 Å². The molecule has 2 N–H and O–H groups in total. The quantitative estimate of drug-likeness (QED) is 0.269. The maximum atomic E-state index is 11.8. The van der Waals surface area contributed by atoms with E-state index in [4.69, 9.17) is 0 Å². The summed E-state index contributed by atoms with van der Waals surface area (Å²) >= 11 is 0. The topological polar surface area (TPSA) is 101 Å². The Hall–Kier alpha value is -2.47. The SMILES string of the molecule is CN=C(NCc1ccc(-n2nc(C)cc2C)nc1)NCc1ccc(S(C)(=O)=O)c(C)c1.I. The van der Waals surface area contributed by atoms with Crippen molar-refractivity contribution in [1.82, 2.24) is 25.4 Å². The molecule has 3 aromatic rings. The van der Waals surface area contributed by atoms with Crippen LogP contribution in [0.4, 0.5) is 0 Å². The van der Waals surface area contributed by atoms with Crippen molar-refractivity contribution in [3.63, 3.8) is 0 Å². The van der Waals surface area contributed by atoms with Gasteiger partial charge >= 0.3 is 0 Å². The first kappa shape index (κ1) is 25.8. The molecule has 0 amide bonds. The number of aliphatic imine (C=N–C) groups is 1. The van der Waals surface area contributed by atoms with Gasteiger partial charge in [0.15, 0.2) is 21.6 Å². The molecule has 0 aliphatic carbocycles. The monoisotopic (exact) mass is 568 g/mol. The third-order valence-corrected chi connectivity index (χ3v) is 6.08. The van der Waals surface area contributed by atoms with Crippen molar-refractivity contribution in [2.24, 2.45) is 4.99 Å². The zero-order chi connectivity index (χ0) is 22.6. The van der Waals surface area contributed by atoms with E-state index in [1.54, 1.807) is 20.0 Å². The Labute approximate surface area is 206 Å². The van der Waals surface area contributed by atoms with E-state index < -0.39 is 9.84 Å². The summed E-state index contributed by atoms with van der Waals surface area (Å²) in [7, 11) is -1.51. The molecule has 1 aromatic carbocycles. The van der Waals surface area contributed by atoms with Crippen molar-refractivity contribution >= 4 is 39.8 Å². The van der Waals surface area contributed by atoms with Crippen LogP contribution in [-0.4, -0.2) is 42.4 Å². The molecule has 0 atom stereocenters. The highest BCUT2D eigenvalue weighted by atomic mass is 127. The molecular formula is C22H29IN6O2S. The standard InChI is InChI=1S/C22H28N6O2S.HI/c1-15-10-18(6-8-20(15)31(5,29)30)12-25-22(23-4)26-14-19-7-9-21(24-13-19)28-17(3)11-16(2)27-28;/h6-11,13H,12,14H2,1-5H3,(H2,23,25,26);1H. The molecule has 10 heteroatoms. The Morgan fingerprint density at radius 1 is 1.03 bits per heavy atom. The molecule has 0 radical (unpaired) electrons. The minimum atomic E-state index is -3.22. The smallest absolute Gasteiger partial charge is 0.191 e. The molecule has 0 saturated heterocycles. The van der Waals surface area contributed by atoms with Gasteiger partial charge in [0.25, 0.3) is 0 Å². The van der Waals surface area contributed by atoms with E-state index >= 15 is 0 Å². The second-order valence-electron chi connectivity index (χ2n) is 7.51. The van der Waals surface area contributed by atoms with Crippen LogP contribution < -0.4 is 10.6 Å². The lowest BCUT2D eigenvalue weighted by Crippen LogP contribution is -2.36. The number of pyridine rings is 1. The lowest BCUT2D eigenvalue weighted by atomic mass is 10.1. The van der Waals surface area contributed by atoms with Crippen LogP contribution in [0.3, 0.4) is 0 Å². The molecule has 0 aliphatic heterocycles. The molecule has 8 nitrogen and oxygen atoms in total. The first-order valence-corrected chi connectivity index (χ1v) is 11.8. The summed E-state index contributed by atoms with van der Waals surface area (Å²) in [6.45, 7) is 6.86. The zero-order valence-corrected chi connectivity index (χ0v) is 22.0.